The molecule has 0 saturated carbocycles. The molecule has 0 radical (unpaired) electrons. The maximum atomic E-state index is 14.2. The van der Waals surface area contributed by atoms with E-state index >= 15 is 0 Å². The van der Waals surface area contributed by atoms with Gasteiger partial charge < -0.3 is 24.5 Å². The second-order valence-corrected chi connectivity index (χ2v) is 11.0. The van der Waals surface area contributed by atoms with Gasteiger partial charge in [-0.3, -0.25) is 14.4 Å². The quantitative estimate of drug-likeness (QED) is 0.251. The van der Waals surface area contributed by atoms with Crippen LogP contribution in [0.4, 0.5) is 0 Å². The van der Waals surface area contributed by atoms with Crippen LogP contribution in [-0.4, -0.2) is 94.1 Å². The molecule has 3 aliphatic rings. The molecule has 3 aliphatic heterocycles. The van der Waals surface area contributed by atoms with Crippen molar-refractivity contribution in [1.82, 2.24) is 14.7 Å². The molecule has 8 nitrogen and oxygen atoms in total. The number of carbonyl (C=O) groups excluding carboxylic acids is 3. The molecule has 0 aromatic carbocycles. The minimum atomic E-state index is -1.02. The fraction of sp³-hybridized carbons (Fsp3) is 0.759. The van der Waals surface area contributed by atoms with E-state index in [1.54, 1.807) is 26.9 Å². The third kappa shape index (κ3) is 5.37. The summed E-state index contributed by atoms with van der Waals surface area (Å²) in [6.45, 7) is 16.1. The van der Waals surface area contributed by atoms with Crippen molar-refractivity contribution >= 4 is 17.7 Å². The fourth-order valence-electron chi connectivity index (χ4n) is 6.80. The summed E-state index contributed by atoms with van der Waals surface area (Å²) < 4.78 is 6.75. The topological polar surface area (TPSA) is 90.4 Å². The summed E-state index contributed by atoms with van der Waals surface area (Å²) in [4.78, 5) is 47.5. The molecule has 2 unspecified atom stereocenters. The Balaban J connectivity index is 2.02. The van der Waals surface area contributed by atoms with Gasteiger partial charge in [0.2, 0.25) is 17.7 Å². The van der Waals surface area contributed by atoms with E-state index in [4.69, 9.17) is 4.74 Å². The van der Waals surface area contributed by atoms with Crippen LogP contribution in [0, 0.1) is 11.8 Å². The Morgan fingerprint density at radius 2 is 1.70 bits per heavy atom. The lowest BCUT2D eigenvalue weighted by molar-refractivity contribution is -0.153. The van der Waals surface area contributed by atoms with E-state index in [-0.39, 0.29) is 24.3 Å². The van der Waals surface area contributed by atoms with Crippen LogP contribution in [-0.2, 0) is 19.1 Å². The van der Waals surface area contributed by atoms with Crippen molar-refractivity contribution in [2.75, 3.05) is 39.3 Å². The highest BCUT2D eigenvalue weighted by atomic mass is 16.5. The first kappa shape index (κ1) is 29.4. The van der Waals surface area contributed by atoms with Crippen LogP contribution in [0.1, 0.15) is 72.1 Å². The molecule has 1 N–H and O–H groups in total. The van der Waals surface area contributed by atoms with E-state index in [1.165, 1.54) is 0 Å². The van der Waals surface area contributed by atoms with Gasteiger partial charge in [-0.25, -0.2) is 0 Å². The Labute approximate surface area is 222 Å². The van der Waals surface area contributed by atoms with E-state index in [0.29, 0.717) is 58.4 Å². The van der Waals surface area contributed by atoms with Crippen LogP contribution in [0.2, 0.25) is 0 Å². The summed E-state index contributed by atoms with van der Waals surface area (Å²) in [5, 5.41) is 9.36. The second kappa shape index (κ2) is 12.6. The van der Waals surface area contributed by atoms with Gasteiger partial charge in [-0.05, 0) is 45.4 Å². The van der Waals surface area contributed by atoms with E-state index < -0.39 is 29.1 Å². The van der Waals surface area contributed by atoms with Crippen LogP contribution in [0.25, 0.3) is 0 Å². The Hall–Kier alpha value is -2.19. The normalized spacial score (nSPS) is 29.9. The van der Waals surface area contributed by atoms with E-state index in [1.807, 2.05) is 13.8 Å². The Kier molecular flexibility index (Phi) is 9.98. The van der Waals surface area contributed by atoms with Gasteiger partial charge in [0.25, 0.3) is 0 Å². The first-order chi connectivity index (χ1) is 17.8. The molecule has 1 spiro atoms. The molecular formula is C29H47N3O5. The average molecular weight is 518 g/mol. The van der Waals surface area contributed by atoms with Crippen molar-refractivity contribution in [2.45, 2.75) is 89.4 Å². The van der Waals surface area contributed by atoms with Gasteiger partial charge in [-0.15, -0.1) is 13.2 Å². The number of nitrogens with zero attached hydrogens (tertiary/aromatic N) is 3. The predicted molar refractivity (Wildman–Crippen MR) is 144 cm³/mol. The summed E-state index contributed by atoms with van der Waals surface area (Å²) in [6, 6.07) is -0.774. The van der Waals surface area contributed by atoms with Gasteiger partial charge >= 0.3 is 0 Å². The molecule has 208 valence electrons. The number of rotatable bonds is 16. The Morgan fingerprint density at radius 3 is 2.30 bits per heavy atom. The summed E-state index contributed by atoms with van der Waals surface area (Å²) in [5.74, 6) is -1.69. The number of aliphatic hydroxyl groups excluding tert-OH is 1. The molecule has 0 aliphatic carbocycles. The second-order valence-electron chi connectivity index (χ2n) is 11.0. The molecule has 3 rings (SSSR count). The summed E-state index contributed by atoms with van der Waals surface area (Å²) >= 11 is 0. The van der Waals surface area contributed by atoms with Crippen molar-refractivity contribution in [3.05, 3.63) is 25.3 Å². The molecule has 5 atom stereocenters. The van der Waals surface area contributed by atoms with Crippen LogP contribution in [0.3, 0.4) is 0 Å². The molecular weight excluding hydrogens is 470 g/mol. The number of hydrogen-bond acceptors (Lipinski definition) is 5. The first-order valence-electron chi connectivity index (χ1n) is 14.2. The zero-order chi connectivity index (χ0) is 27.2. The average Bonchev–Trinajstić information content (AvgIpc) is 3.44. The number of ether oxygens (including phenoxy) is 1. The Bertz CT molecular complexity index is 862. The maximum Gasteiger partial charge on any atom is 0.248 e. The van der Waals surface area contributed by atoms with Crippen LogP contribution in [0.5, 0.6) is 0 Å². The smallest absolute Gasteiger partial charge is 0.248 e. The highest BCUT2D eigenvalue weighted by Crippen LogP contribution is 2.63. The highest BCUT2D eigenvalue weighted by molar-refractivity contribution is 5.99. The molecule has 8 heteroatoms. The van der Waals surface area contributed by atoms with Crippen molar-refractivity contribution in [3.8, 4) is 0 Å². The van der Waals surface area contributed by atoms with Gasteiger partial charge in [0.15, 0.2) is 0 Å². The van der Waals surface area contributed by atoms with Gasteiger partial charge in [-0.2, -0.15) is 0 Å². The number of carbonyl (C=O) groups is 3. The summed E-state index contributed by atoms with van der Waals surface area (Å²) in [5.41, 5.74) is -1.80. The minimum absolute atomic E-state index is 0.0258. The number of unbranched alkanes of at least 4 members (excludes halogenated alkanes) is 3. The van der Waals surface area contributed by atoms with Gasteiger partial charge in [-0.1, -0.05) is 38.8 Å². The lowest BCUT2D eigenvalue weighted by Crippen LogP contribution is -2.56. The molecule has 3 heterocycles. The Morgan fingerprint density at radius 1 is 1.03 bits per heavy atom. The monoisotopic (exact) mass is 517 g/mol. The molecule has 3 amide bonds. The zero-order valence-corrected chi connectivity index (χ0v) is 23.1. The largest absolute Gasteiger partial charge is 0.396 e. The van der Waals surface area contributed by atoms with Crippen molar-refractivity contribution in [3.63, 3.8) is 0 Å². The zero-order valence-electron chi connectivity index (χ0n) is 23.1. The number of hydrogen-bond donors (Lipinski definition) is 1. The first-order valence-corrected chi connectivity index (χ1v) is 14.2. The summed E-state index contributed by atoms with van der Waals surface area (Å²) in [7, 11) is 0. The lowest BCUT2D eigenvalue weighted by atomic mass is 9.66. The van der Waals surface area contributed by atoms with Crippen molar-refractivity contribution < 1.29 is 24.2 Å². The molecule has 3 saturated heterocycles. The fourth-order valence-corrected chi connectivity index (χ4v) is 6.80. The van der Waals surface area contributed by atoms with Crippen LogP contribution in [0.15, 0.2) is 25.3 Å². The predicted octanol–water partition coefficient (Wildman–Crippen LogP) is 3.15. The maximum absolute atomic E-state index is 14.2. The number of aliphatic hydroxyl groups is 1. The van der Waals surface area contributed by atoms with E-state index in [2.05, 4.69) is 20.1 Å². The highest BCUT2D eigenvalue weighted by Gasteiger charge is 2.78. The number of likely N-dealkylation sites (tertiary alicyclic amines) is 1. The third-order valence-corrected chi connectivity index (χ3v) is 8.43. The van der Waals surface area contributed by atoms with Gasteiger partial charge in [0.05, 0.1) is 17.4 Å². The molecule has 3 fully saturated rings. The third-order valence-electron chi connectivity index (χ3n) is 8.43. The van der Waals surface area contributed by atoms with E-state index in [9.17, 15) is 19.5 Å². The van der Waals surface area contributed by atoms with Crippen LogP contribution < -0.4 is 0 Å². The molecule has 0 aromatic heterocycles. The standard InChI is InChI=1S/C29H47N3O5/c1-6-10-11-19-31(18-9-4)27(36)24-29-15-14-28(5,37-29)22(25(34)30(16-7-2)17-8-3)23(29)26(35)32(24)20-12-13-21-33/h7,9,22-24,33H,2,4,6,8,10-21H2,1,3,5H3/t22-,23-,24?,28+,29?/m0/s1. The van der Waals surface area contributed by atoms with Crippen molar-refractivity contribution in [1.29, 1.82) is 0 Å². The van der Waals surface area contributed by atoms with Gasteiger partial charge in [0, 0.05) is 39.3 Å². The SMILES string of the molecule is C=CCN(CCCCC)C(=O)C1N(CCCCO)C(=O)[C@@H]2[C@@H](C(=O)N(CC=C)CCC)[C@@]3(C)CCC12O3. The molecule has 0 aromatic rings. The van der Waals surface area contributed by atoms with Crippen molar-refractivity contribution in [2.24, 2.45) is 11.8 Å². The van der Waals surface area contributed by atoms with Crippen LogP contribution >= 0.6 is 0 Å². The number of amides is 3. The number of fused-ring (bicyclic) bond motifs is 1. The minimum Gasteiger partial charge on any atom is -0.396 e. The summed E-state index contributed by atoms with van der Waals surface area (Å²) in [6.07, 6.45) is 9.51. The van der Waals surface area contributed by atoms with Gasteiger partial charge in [0.1, 0.15) is 11.6 Å². The molecule has 2 bridgehead atoms. The van der Waals surface area contributed by atoms with E-state index in [0.717, 1.165) is 25.7 Å². The lowest BCUT2D eigenvalue weighted by Gasteiger charge is -2.37. The molecule has 37 heavy (non-hydrogen) atoms.